The van der Waals surface area contributed by atoms with Crippen molar-refractivity contribution in [3.05, 3.63) is 95.9 Å². The van der Waals surface area contributed by atoms with Crippen molar-refractivity contribution in [1.29, 1.82) is 0 Å². The summed E-state index contributed by atoms with van der Waals surface area (Å²) < 4.78 is 11.8. The number of carboxylic acids is 1. The van der Waals surface area contributed by atoms with Crippen LogP contribution in [0.2, 0.25) is 0 Å². The third kappa shape index (κ3) is 4.72. The fraction of sp³-hybridized carbons (Fsp3) is 0.214. The molecule has 1 aromatic heterocycles. The van der Waals surface area contributed by atoms with Gasteiger partial charge in [-0.1, -0.05) is 72.8 Å². The first-order valence-electron chi connectivity index (χ1n) is 11.5. The molecule has 0 saturated carbocycles. The van der Waals surface area contributed by atoms with Crippen LogP contribution in [0.4, 0.5) is 0 Å². The minimum atomic E-state index is -0.976. The zero-order valence-electron chi connectivity index (χ0n) is 18.7. The molecule has 0 bridgehead atoms. The van der Waals surface area contributed by atoms with Gasteiger partial charge in [0.1, 0.15) is 11.4 Å². The Morgan fingerprint density at radius 3 is 2.47 bits per heavy atom. The molecule has 6 heteroatoms. The third-order valence-electron chi connectivity index (χ3n) is 6.07. The number of fused-ring (bicyclic) bond motifs is 1. The minimum absolute atomic E-state index is 0.115. The Labute approximate surface area is 198 Å². The van der Waals surface area contributed by atoms with Crippen molar-refractivity contribution in [2.45, 2.75) is 31.8 Å². The topological polar surface area (TPSA) is 84.6 Å². The van der Waals surface area contributed by atoms with Crippen molar-refractivity contribution in [2.75, 3.05) is 6.61 Å². The van der Waals surface area contributed by atoms with E-state index in [1.54, 1.807) is 0 Å². The molecule has 1 aliphatic carbocycles. The summed E-state index contributed by atoms with van der Waals surface area (Å²) in [6.07, 6.45) is 2.85. The molecule has 6 nitrogen and oxygen atoms in total. The van der Waals surface area contributed by atoms with Crippen LogP contribution in [0, 0.1) is 0 Å². The van der Waals surface area contributed by atoms with Gasteiger partial charge in [-0.2, -0.15) is 0 Å². The van der Waals surface area contributed by atoms with Crippen LogP contribution >= 0.6 is 0 Å². The van der Waals surface area contributed by atoms with Crippen LogP contribution in [0.25, 0.3) is 22.6 Å². The van der Waals surface area contributed by atoms with Crippen LogP contribution in [0.15, 0.2) is 83.3 Å². The number of oxazole rings is 1. The lowest BCUT2D eigenvalue weighted by atomic mass is 9.87. The lowest BCUT2D eigenvalue weighted by molar-refractivity contribution is -0.139. The zero-order chi connectivity index (χ0) is 23.3. The molecule has 3 aromatic carbocycles. The van der Waals surface area contributed by atoms with Gasteiger partial charge in [0.25, 0.3) is 0 Å². The van der Waals surface area contributed by atoms with E-state index >= 15 is 0 Å². The largest absolute Gasteiger partial charge is 0.482 e. The van der Waals surface area contributed by atoms with Gasteiger partial charge in [0, 0.05) is 17.2 Å². The average molecular weight is 455 g/mol. The van der Waals surface area contributed by atoms with E-state index in [-0.39, 0.29) is 12.6 Å². The minimum Gasteiger partial charge on any atom is -0.482 e. The molecule has 2 N–H and O–H groups in total. The Morgan fingerprint density at radius 2 is 1.74 bits per heavy atom. The van der Waals surface area contributed by atoms with E-state index in [2.05, 4.69) is 11.4 Å². The van der Waals surface area contributed by atoms with Crippen molar-refractivity contribution in [2.24, 2.45) is 0 Å². The number of benzene rings is 3. The standard InChI is InChI=1S/C28H26N2O4/c31-26(32)18-33-24-16-8-13-21-22(24)14-7-15-23(21)29-17-25-30-27(19-9-3-1-4-10-19)28(34-25)20-11-5-2-6-12-20/h1-6,8-13,16,23,29H,7,14-15,17-18H2,(H,31,32)/t23-/m1/s1. The van der Waals surface area contributed by atoms with Gasteiger partial charge in [-0.05, 0) is 36.5 Å². The summed E-state index contributed by atoms with van der Waals surface area (Å²) >= 11 is 0. The van der Waals surface area contributed by atoms with Crippen molar-refractivity contribution in [3.8, 4) is 28.3 Å². The van der Waals surface area contributed by atoms with Gasteiger partial charge in [-0.25, -0.2) is 9.78 Å². The van der Waals surface area contributed by atoms with E-state index in [4.69, 9.17) is 19.2 Å². The summed E-state index contributed by atoms with van der Waals surface area (Å²) in [4.78, 5) is 15.8. The summed E-state index contributed by atoms with van der Waals surface area (Å²) in [5, 5.41) is 12.6. The van der Waals surface area contributed by atoms with Gasteiger partial charge < -0.3 is 19.6 Å². The molecule has 0 amide bonds. The highest BCUT2D eigenvalue weighted by molar-refractivity contribution is 5.76. The molecule has 0 saturated heterocycles. The van der Waals surface area contributed by atoms with Crippen LogP contribution < -0.4 is 10.1 Å². The molecular weight excluding hydrogens is 428 g/mol. The molecular formula is C28H26N2O4. The van der Waals surface area contributed by atoms with Gasteiger partial charge in [-0.3, -0.25) is 0 Å². The van der Waals surface area contributed by atoms with Crippen LogP contribution in [0.5, 0.6) is 5.75 Å². The molecule has 1 atom stereocenters. The summed E-state index contributed by atoms with van der Waals surface area (Å²) in [6, 6.07) is 26.1. The van der Waals surface area contributed by atoms with Gasteiger partial charge in [0.2, 0.25) is 5.89 Å². The number of hydrogen-bond donors (Lipinski definition) is 2. The Kier molecular flexibility index (Phi) is 6.40. The van der Waals surface area contributed by atoms with Crippen molar-refractivity contribution < 1.29 is 19.1 Å². The van der Waals surface area contributed by atoms with Crippen molar-refractivity contribution >= 4 is 5.97 Å². The number of ether oxygens (including phenoxy) is 1. The monoisotopic (exact) mass is 454 g/mol. The first-order chi connectivity index (χ1) is 16.7. The van der Waals surface area contributed by atoms with Gasteiger partial charge in [0.05, 0.1) is 6.54 Å². The molecule has 0 spiro atoms. The molecule has 1 heterocycles. The summed E-state index contributed by atoms with van der Waals surface area (Å²) in [6.45, 7) is 0.145. The van der Waals surface area contributed by atoms with Crippen LogP contribution in [-0.4, -0.2) is 22.7 Å². The van der Waals surface area contributed by atoms with E-state index in [9.17, 15) is 4.79 Å². The molecule has 5 rings (SSSR count). The van der Waals surface area contributed by atoms with Crippen LogP contribution in [0.1, 0.15) is 35.9 Å². The number of carbonyl (C=O) groups is 1. The predicted octanol–water partition coefficient (Wildman–Crippen LogP) is 5.64. The van der Waals surface area contributed by atoms with Crippen LogP contribution in [-0.2, 0) is 17.8 Å². The molecule has 172 valence electrons. The van der Waals surface area contributed by atoms with E-state index in [1.807, 2.05) is 72.8 Å². The highest BCUT2D eigenvalue weighted by Crippen LogP contribution is 2.36. The number of nitrogens with zero attached hydrogens (tertiary/aromatic N) is 1. The van der Waals surface area contributed by atoms with E-state index in [0.717, 1.165) is 53.0 Å². The lowest BCUT2D eigenvalue weighted by Gasteiger charge is -2.27. The maximum absolute atomic E-state index is 10.9. The molecule has 34 heavy (non-hydrogen) atoms. The highest BCUT2D eigenvalue weighted by atomic mass is 16.5. The number of aromatic nitrogens is 1. The Bertz CT molecular complexity index is 1210. The molecule has 4 aromatic rings. The number of hydrogen-bond acceptors (Lipinski definition) is 5. The number of nitrogens with one attached hydrogen (secondary N) is 1. The van der Waals surface area contributed by atoms with Crippen molar-refractivity contribution in [3.63, 3.8) is 0 Å². The summed E-state index contributed by atoms with van der Waals surface area (Å²) in [5.74, 6) is 1.07. The second-order valence-electron chi connectivity index (χ2n) is 8.35. The molecule has 0 fully saturated rings. The van der Waals surface area contributed by atoms with Crippen LogP contribution in [0.3, 0.4) is 0 Å². The van der Waals surface area contributed by atoms with E-state index in [0.29, 0.717) is 18.2 Å². The third-order valence-corrected chi connectivity index (χ3v) is 6.07. The first-order valence-corrected chi connectivity index (χ1v) is 11.5. The Hall–Kier alpha value is -3.90. The van der Waals surface area contributed by atoms with Gasteiger partial charge >= 0.3 is 5.97 Å². The Morgan fingerprint density at radius 1 is 1.00 bits per heavy atom. The van der Waals surface area contributed by atoms with E-state index < -0.39 is 5.97 Å². The molecule has 0 unspecified atom stereocenters. The quantitative estimate of drug-likeness (QED) is 0.358. The molecule has 1 aliphatic rings. The molecule has 0 aliphatic heterocycles. The van der Waals surface area contributed by atoms with Crippen molar-refractivity contribution in [1.82, 2.24) is 10.3 Å². The maximum Gasteiger partial charge on any atom is 0.341 e. The van der Waals surface area contributed by atoms with E-state index in [1.165, 1.54) is 0 Å². The number of rotatable bonds is 8. The average Bonchev–Trinajstić information content (AvgIpc) is 3.31. The predicted molar refractivity (Wildman–Crippen MR) is 129 cm³/mol. The maximum atomic E-state index is 10.9. The highest BCUT2D eigenvalue weighted by Gasteiger charge is 2.24. The normalized spacial score (nSPS) is 15.0. The van der Waals surface area contributed by atoms with Gasteiger partial charge in [0.15, 0.2) is 12.4 Å². The Balaban J connectivity index is 1.39. The second kappa shape index (κ2) is 9.93. The summed E-state index contributed by atoms with van der Waals surface area (Å²) in [7, 11) is 0. The first kappa shape index (κ1) is 21.9. The summed E-state index contributed by atoms with van der Waals surface area (Å²) in [5.41, 5.74) is 5.06. The number of carboxylic acid groups (broad SMARTS) is 1. The molecule has 0 radical (unpaired) electrons. The second-order valence-corrected chi connectivity index (χ2v) is 8.35. The van der Waals surface area contributed by atoms with Gasteiger partial charge in [-0.15, -0.1) is 0 Å². The fourth-order valence-corrected chi connectivity index (χ4v) is 4.53. The zero-order valence-corrected chi connectivity index (χ0v) is 18.7. The fourth-order valence-electron chi connectivity index (χ4n) is 4.53. The SMILES string of the molecule is O=C(O)COc1cccc2c1CCC[C@H]2NCc1nc(-c2ccccc2)c(-c2ccccc2)o1. The lowest BCUT2D eigenvalue weighted by Crippen LogP contribution is -2.25. The smallest absolute Gasteiger partial charge is 0.341 e. The number of aliphatic carboxylic acids is 1.